The van der Waals surface area contributed by atoms with Gasteiger partial charge in [-0.1, -0.05) is 36.4 Å². The topological polar surface area (TPSA) is 32.7 Å². The number of aliphatic imine (C=N–C) groups is 1. The molecule has 0 atom stereocenters. The van der Waals surface area contributed by atoms with Gasteiger partial charge in [0.25, 0.3) is 5.91 Å². The van der Waals surface area contributed by atoms with Crippen molar-refractivity contribution in [1.82, 2.24) is 0 Å². The second-order valence-electron chi connectivity index (χ2n) is 5.97. The largest absolute Gasteiger partial charge is 0.282 e. The SMILES string of the molecule is O=C1/C(=C\c2ccccc2F)N=C(c2ccc(F)cc2)N1c1ccccc1. The Morgan fingerprint density at radius 1 is 0.815 bits per heavy atom. The van der Waals surface area contributed by atoms with Crippen molar-refractivity contribution in [2.75, 3.05) is 4.90 Å². The number of benzene rings is 3. The van der Waals surface area contributed by atoms with Crippen LogP contribution in [0.25, 0.3) is 6.08 Å². The minimum absolute atomic E-state index is 0.114. The van der Waals surface area contributed by atoms with E-state index in [0.29, 0.717) is 17.1 Å². The summed E-state index contributed by atoms with van der Waals surface area (Å²) in [6.45, 7) is 0. The number of rotatable bonds is 3. The summed E-state index contributed by atoms with van der Waals surface area (Å²) in [7, 11) is 0. The average Bonchev–Trinajstić information content (AvgIpc) is 3.01. The van der Waals surface area contributed by atoms with Crippen molar-refractivity contribution in [3.8, 4) is 0 Å². The van der Waals surface area contributed by atoms with E-state index in [1.54, 1.807) is 42.5 Å². The first-order valence-corrected chi connectivity index (χ1v) is 8.34. The molecule has 3 nitrogen and oxygen atoms in total. The van der Waals surface area contributed by atoms with E-state index in [-0.39, 0.29) is 23.0 Å². The number of carbonyl (C=O) groups excluding carboxylic acids is 1. The quantitative estimate of drug-likeness (QED) is 0.618. The molecule has 1 amide bonds. The van der Waals surface area contributed by atoms with Crippen LogP contribution in [-0.2, 0) is 4.79 Å². The first-order chi connectivity index (χ1) is 13.1. The fraction of sp³-hybridized carbons (Fsp3) is 0. The van der Waals surface area contributed by atoms with Gasteiger partial charge in [0, 0.05) is 11.1 Å². The second kappa shape index (κ2) is 6.96. The summed E-state index contributed by atoms with van der Waals surface area (Å²) < 4.78 is 27.3. The van der Waals surface area contributed by atoms with E-state index in [4.69, 9.17) is 0 Å². The highest BCUT2D eigenvalue weighted by Crippen LogP contribution is 2.28. The van der Waals surface area contributed by atoms with Gasteiger partial charge in [-0.25, -0.2) is 13.8 Å². The van der Waals surface area contributed by atoms with Gasteiger partial charge in [-0.3, -0.25) is 9.69 Å². The van der Waals surface area contributed by atoms with E-state index >= 15 is 0 Å². The first-order valence-electron chi connectivity index (χ1n) is 8.34. The number of carbonyl (C=O) groups is 1. The van der Waals surface area contributed by atoms with E-state index in [2.05, 4.69) is 4.99 Å². The summed E-state index contributed by atoms with van der Waals surface area (Å²) >= 11 is 0. The van der Waals surface area contributed by atoms with Crippen LogP contribution in [0.1, 0.15) is 11.1 Å². The first kappa shape index (κ1) is 16.8. The molecular weight excluding hydrogens is 346 g/mol. The van der Waals surface area contributed by atoms with Gasteiger partial charge in [-0.2, -0.15) is 0 Å². The summed E-state index contributed by atoms with van der Waals surface area (Å²) in [5.74, 6) is -0.816. The van der Waals surface area contributed by atoms with E-state index in [1.165, 1.54) is 29.2 Å². The maximum atomic E-state index is 14.0. The number of hydrogen-bond acceptors (Lipinski definition) is 2. The molecule has 27 heavy (non-hydrogen) atoms. The molecule has 0 fully saturated rings. The highest BCUT2D eigenvalue weighted by Gasteiger charge is 2.32. The van der Waals surface area contributed by atoms with Crippen molar-refractivity contribution in [1.29, 1.82) is 0 Å². The zero-order chi connectivity index (χ0) is 18.8. The van der Waals surface area contributed by atoms with Crippen molar-refractivity contribution >= 4 is 23.5 Å². The Morgan fingerprint density at radius 3 is 2.19 bits per heavy atom. The predicted octanol–water partition coefficient (Wildman–Crippen LogP) is 4.80. The number of halogens is 2. The van der Waals surface area contributed by atoms with Gasteiger partial charge in [0.1, 0.15) is 23.2 Å². The molecule has 0 spiro atoms. The smallest absolute Gasteiger partial charge is 0.266 e. The van der Waals surface area contributed by atoms with E-state index in [1.807, 2.05) is 18.2 Å². The summed E-state index contributed by atoms with van der Waals surface area (Å²) in [5, 5.41) is 0. The third kappa shape index (κ3) is 3.27. The Balaban J connectivity index is 1.84. The zero-order valence-corrected chi connectivity index (χ0v) is 14.1. The van der Waals surface area contributed by atoms with Crippen LogP contribution in [-0.4, -0.2) is 11.7 Å². The monoisotopic (exact) mass is 360 g/mol. The minimum Gasteiger partial charge on any atom is -0.266 e. The number of hydrogen-bond donors (Lipinski definition) is 0. The molecule has 3 aromatic carbocycles. The fourth-order valence-electron chi connectivity index (χ4n) is 2.87. The lowest BCUT2D eigenvalue weighted by Gasteiger charge is -2.18. The van der Waals surface area contributed by atoms with Crippen LogP contribution < -0.4 is 4.90 Å². The fourth-order valence-corrected chi connectivity index (χ4v) is 2.87. The van der Waals surface area contributed by atoms with Crippen LogP contribution in [0.15, 0.2) is 89.6 Å². The molecule has 0 radical (unpaired) electrons. The third-order valence-electron chi connectivity index (χ3n) is 4.17. The average molecular weight is 360 g/mol. The van der Waals surface area contributed by atoms with E-state index in [0.717, 1.165) is 0 Å². The van der Waals surface area contributed by atoms with Gasteiger partial charge in [-0.05, 0) is 48.5 Å². The minimum atomic E-state index is -0.436. The molecule has 0 aromatic heterocycles. The molecule has 4 rings (SSSR count). The summed E-state index contributed by atoms with van der Waals surface area (Å²) in [6, 6.07) is 20.9. The van der Waals surface area contributed by atoms with Gasteiger partial charge in [0.15, 0.2) is 0 Å². The van der Waals surface area contributed by atoms with Gasteiger partial charge in [0.2, 0.25) is 0 Å². The molecular formula is C22H14F2N2O. The molecule has 1 aliphatic heterocycles. The Morgan fingerprint density at radius 2 is 1.48 bits per heavy atom. The number of nitrogens with zero attached hydrogens (tertiary/aromatic N) is 2. The molecule has 132 valence electrons. The number of anilines is 1. The van der Waals surface area contributed by atoms with Gasteiger partial charge < -0.3 is 0 Å². The highest BCUT2D eigenvalue weighted by atomic mass is 19.1. The van der Waals surface area contributed by atoms with Crippen LogP contribution in [0.3, 0.4) is 0 Å². The molecule has 0 bridgehead atoms. The van der Waals surface area contributed by atoms with Gasteiger partial charge in [-0.15, -0.1) is 0 Å². The molecule has 0 saturated heterocycles. The molecule has 5 heteroatoms. The standard InChI is InChI=1S/C22H14F2N2O/c23-17-12-10-15(11-13-17)21-25-20(14-16-6-4-5-9-19(16)24)22(27)26(21)18-7-2-1-3-8-18/h1-14H/b20-14+. The zero-order valence-electron chi connectivity index (χ0n) is 14.1. The van der Waals surface area contributed by atoms with Crippen LogP contribution in [0, 0.1) is 11.6 Å². The Labute approximate surface area is 154 Å². The highest BCUT2D eigenvalue weighted by molar-refractivity contribution is 6.33. The van der Waals surface area contributed by atoms with Crippen molar-refractivity contribution in [3.63, 3.8) is 0 Å². The van der Waals surface area contributed by atoms with Crippen molar-refractivity contribution in [2.24, 2.45) is 4.99 Å². The molecule has 0 unspecified atom stereocenters. The Bertz CT molecular complexity index is 1060. The lowest BCUT2D eigenvalue weighted by atomic mass is 10.1. The third-order valence-corrected chi connectivity index (χ3v) is 4.17. The van der Waals surface area contributed by atoms with Crippen LogP contribution in [0.2, 0.25) is 0 Å². The van der Waals surface area contributed by atoms with Gasteiger partial charge in [0.05, 0.1) is 5.69 Å². The Hall–Kier alpha value is -3.60. The molecule has 3 aromatic rings. The van der Waals surface area contributed by atoms with Crippen LogP contribution in [0.4, 0.5) is 14.5 Å². The number of para-hydroxylation sites is 1. The molecule has 1 heterocycles. The molecule has 0 N–H and O–H groups in total. The van der Waals surface area contributed by atoms with E-state index < -0.39 is 5.82 Å². The predicted molar refractivity (Wildman–Crippen MR) is 101 cm³/mol. The van der Waals surface area contributed by atoms with Crippen molar-refractivity contribution < 1.29 is 13.6 Å². The molecule has 0 saturated carbocycles. The second-order valence-corrected chi connectivity index (χ2v) is 5.97. The summed E-state index contributed by atoms with van der Waals surface area (Å²) in [5.41, 5.74) is 1.61. The summed E-state index contributed by atoms with van der Waals surface area (Å²) in [6.07, 6.45) is 1.42. The maximum absolute atomic E-state index is 14.0. The lowest BCUT2D eigenvalue weighted by molar-refractivity contribution is -0.113. The number of amidine groups is 1. The van der Waals surface area contributed by atoms with Crippen molar-refractivity contribution in [3.05, 3.63) is 107 Å². The molecule has 1 aliphatic rings. The van der Waals surface area contributed by atoms with Crippen LogP contribution >= 0.6 is 0 Å². The maximum Gasteiger partial charge on any atom is 0.282 e. The van der Waals surface area contributed by atoms with E-state index in [9.17, 15) is 13.6 Å². The van der Waals surface area contributed by atoms with Crippen LogP contribution in [0.5, 0.6) is 0 Å². The normalized spacial score (nSPS) is 15.3. The lowest BCUT2D eigenvalue weighted by Crippen LogP contribution is -2.32. The number of amides is 1. The molecule has 0 aliphatic carbocycles. The van der Waals surface area contributed by atoms with Crippen molar-refractivity contribution in [2.45, 2.75) is 0 Å². The Kier molecular flexibility index (Phi) is 4.34. The van der Waals surface area contributed by atoms with Gasteiger partial charge >= 0.3 is 0 Å². The summed E-state index contributed by atoms with van der Waals surface area (Å²) in [4.78, 5) is 18.9.